The van der Waals surface area contributed by atoms with Crippen molar-refractivity contribution in [3.8, 4) is 17.2 Å². The fraction of sp³-hybridized carbons (Fsp3) is 0.111. The lowest BCUT2D eigenvalue weighted by Crippen LogP contribution is -2.22. The highest BCUT2D eigenvalue weighted by Gasteiger charge is 2.16. The van der Waals surface area contributed by atoms with E-state index < -0.39 is 5.97 Å². The molecule has 4 aromatic rings. The third-order valence-electron chi connectivity index (χ3n) is 5.63. The van der Waals surface area contributed by atoms with Crippen LogP contribution < -0.4 is 10.1 Å². The van der Waals surface area contributed by atoms with Crippen molar-refractivity contribution in [2.24, 2.45) is 0 Å². The minimum atomic E-state index is -1.03. The first-order valence-corrected chi connectivity index (χ1v) is 10.6. The van der Waals surface area contributed by atoms with Crippen molar-refractivity contribution in [1.82, 2.24) is 5.32 Å². The van der Waals surface area contributed by atoms with Crippen LogP contribution in [0.2, 0.25) is 0 Å². The molecule has 0 spiro atoms. The molecule has 0 saturated heterocycles. The van der Waals surface area contributed by atoms with E-state index in [0.29, 0.717) is 34.2 Å². The maximum Gasteiger partial charge on any atom is 0.335 e. The van der Waals surface area contributed by atoms with Gasteiger partial charge in [-0.1, -0.05) is 30.3 Å². The van der Waals surface area contributed by atoms with Crippen LogP contribution in [0.4, 0.5) is 0 Å². The Labute approximate surface area is 195 Å². The number of aromatic carboxylic acids is 1. The second-order valence-corrected chi connectivity index (χ2v) is 7.87. The van der Waals surface area contributed by atoms with Crippen LogP contribution in [0.3, 0.4) is 0 Å². The number of phenolic OH excluding ortho intramolecular Hbond substituents is 2. The molecule has 0 radical (unpaired) electrons. The van der Waals surface area contributed by atoms with Crippen LogP contribution in [0, 0.1) is 0 Å². The predicted octanol–water partition coefficient (Wildman–Crippen LogP) is 4.48. The number of hydrogen-bond acceptors (Lipinski definition) is 5. The molecular formula is C27H23NO6. The van der Waals surface area contributed by atoms with Crippen LogP contribution in [-0.2, 0) is 13.0 Å². The quantitative estimate of drug-likeness (QED) is 0.325. The van der Waals surface area contributed by atoms with E-state index in [1.807, 2.05) is 24.3 Å². The molecule has 4 rings (SSSR count). The molecule has 0 aliphatic carbocycles. The molecule has 7 nitrogen and oxygen atoms in total. The zero-order chi connectivity index (χ0) is 24.2. The average Bonchev–Trinajstić information content (AvgIpc) is 2.85. The molecule has 1 amide bonds. The normalized spacial score (nSPS) is 10.7. The number of carboxylic acid groups (broad SMARTS) is 1. The summed E-state index contributed by atoms with van der Waals surface area (Å²) in [7, 11) is 1.58. The number of nitrogens with one attached hydrogen (secondary N) is 1. The average molecular weight is 457 g/mol. The van der Waals surface area contributed by atoms with Crippen LogP contribution in [0.5, 0.6) is 17.2 Å². The number of aromatic hydroxyl groups is 2. The molecule has 0 unspecified atom stereocenters. The Morgan fingerprint density at radius 2 is 1.62 bits per heavy atom. The van der Waals surface area contributed by atoms with Crippen molar-refractivity contribution >= 4 is 22.6 Å². The SMILES string of the molecule is COc1cccc(CNC(=O)c2ccc3cc(O)c(Cc4ccc(C(=O)O)cc4)c(O)c3c2)c1. The fourth-order valence-electron chi connectivity index (χ4n) is 3.76. The lowest BCUT2D eigenvalue weighted by molar-refractivity contribution is 0.0696. The van der Waals surface area contributed by atoms with Gasteiger partial charge in [0.1, 0.15) is 17.2 Å². The van der Waals surface area contributed by atoms with Gasteiger partial charge in [0.25, 0.3) is 5.91 Å². The number of phenols is 2. The zero-order valence-corrected chi connectivity index (χ0v) is 18.4. The smallest absolute Gasteiger partial charge is 0.335 e. The Kier molecular flexibility index (Phi) is 6.36. The van der Waals surface area contributed by atoms with Gasteiger partial charge >= 0.3 is 5.97 Å². The molecule has 7 heteroatoms. The maximum absolute atomic E-state index is 12.7. The second kappa shape index (κ2) is 9.54. The molecule has 0 saturated carbocycles. The summed E-state index contributed by atoms with van der Waals surface area (Å²) in [5.74, 6) is -0.835. The van der Waals surface area contributed by atoms with E-state index in [9.17, 15) is 19.8 Å². The first-order valence-electron chi connectivity index (χ1n) is 10.6. The van der Waals surface area contributed by atoms with Crippen LogP contribution in [0.15, 0.2) is 72.8 Å². The summed E-state index contributed by atoms with van der Waals surface area (Å²) in [5.41, 5.74) is 2.43. The standard InChI is InChI=1S/C27H23NO6/c1-34-21-4-2-3-17(11-21)15-28-26(31)20-10-9-19-14-24(29)23(25(30)22(19)13-20)12-16-5-7-18(8-6-16)27(32)33/h2-11,13-14,29-30H,12,15H2,1H3,(H,28,31)(H,32,33). The Morgan fingerprint density at radius 3 is 2.32 bits per heavy atom. The summed E-state index contributed by atoms with van der Waals surface area (Å²) in [6, 6.07) is 20.0. The van der Waals surface area contributed by atoms with Gasteiger partial charge in [-0.3, -0.25) is 4.79 Å². The topological polar surface area (TPSA) is 116 Å². The van der Waals surface area contributed by atoms with E-state index in [-0.39, 0.29) is 29.4 Å². The highest BCUT2D eigenvalue weighted by molar-refractivity contribution is 6.01. The molecule has 0 aliphatic rings. The van der Waals surface area contributed by atoms with Crippen molar-refractivity contribution in [3.05, 3.63) is 101 Å². The highest BCUT2D eigenvalue weighted by atomic mass is 16.5. The van der Waals surface area contributed by atoms with Gasteiger partial charge in [-0.25, -0.2) is 4.79 Å². The van der Waals surface area contributed by atoms with E-state index in [0.717, 1.165) is 11.1 Å². The first-order chi connectivity index (χ1) is 16.4. The molecule has 4 N–H and O–H groups in total. The first kappa shape index (κ1) is 22.7. The molecule has 4 aromatic carbocycles. The van der Waals surface area contributed by atoms with E-state index >= 15 is 0 Å². The summed E-state index contributed by atoms with van der Waals surface area (Å²) in [6.45, 7) is 0.313. The van der Waals surface area contributed by atoms with Gasteiger partial charge < -0.3 is 25.4 Å². The van der Waals surface area contributed by atoms with Gasteiger partial charge in [0.15, 0.2) is 0 Å². The van der Waals surface area contributed by atoms with E-state index in [4.69, 9.17) is 9.84 Å². The number of amides is 1. The van der Waals surface area contributed by atoms with Gasteiger partial charge in [0.05, 0.1) is 12.7 Å². The van der Waals surface area contributed by atoms with Gasteiger partial charge in [0.2, 0.25) is 0 Å². The number of ether oxygens (including phenoxy) is 1. The fourth-order valence-corrected chi connectivity index (χ4v) is 3.76. The number of carboxylic acids is 1. The number of benzene rings is 4. The van der Waals surface area contributed by atoms with Crippen molar-refractivity contribution in [1.29, 1.82) is 0 Å². The highest BCUT2D eigenvalue weighted by Crippen LogP contribution is 2.37. The van der Waals surface area contributed by atoms with Crippen LogP contribution >= 0.6 is 0 Å². The van der Waals surface area contributed by atoms with E-state index in [1.54, 1.807) is 37.4 Å². The number of carbonyl (C=O) groups excluding carboxylic acids is 1. The lowest BCUT2D eigenvalue weighted by atomic mass is 9.96. The summed E-state index contributed by atoms with van der Waals surface area (Å²) >= 11 is 0. The summed E-state index contributed by atoms with van der Waals surface area (Å²) in [5, 5.41) is 34.3. The Balaban J connectivity index is 1.58. The number of hydrogen-bond donors (Lipinski definition) is 4. The minimum absolute atomic E-state index is 0.0810. The molecule has 0 aliphatic heterocycles. The van der Waals surface area contributed by atoms with Crippen LogP contribution in [0.25, 0.3) is 10.8 Å². The zero-order valence-electron chi connectivity index (χ0n) is 18.4. The monoisotopic (exact) mass is 457 g/mol. The Morgan fingerprint density at radius 1 is 0.882 bits per heavy atom. The van der Waals surface area contributed by atoms with Crippen molar-refractivity contribution in [2.45, 2.75) is 13.0 Å². The molecule has 0 atom stereocenters. The molecular weight excluding hydrogens is 434 g/mol. The number of carbonyl (C=O) groups is 2. The van der Waals surface area contributed by atoms with Gasteiger partial charge in [-0.05, 0) is 59.0 Å². The molecule has 34 heavy (non-hydrogen) atoms. The Hall–Kier alpha value is -4.52. The maximum atomic E-state index is 12.7. The Bertz CT molecular complexity index is 1380. The number of fused-ring (bicyclic) bond motifs is 1. The summed E-state index contributed by atoms with van der Waals surface area (Å²) < 4.78 is 5.20. The minimum Gasteiger partial charge on any atom is -0.507 e. The lowest BCUT2D eigenvalue weighted by Gasteiger charge is -2.13. The number of rotatable bonds is 7. The van der Waals surface area contributed by atoms with Crippen molar-refractivity contribution in [3.63, 3.8) is 0 Å². The number of methoxy groups -OCH3 is 1. The second-order valence-electron chi connectivity index (χ2n) is 7.87. The molecule has 0 fully saturated rings. The van der Waals surface area contributed by atoms with Crippen molar-refractivity contribution in [2.75, 3.05) is 7.11 Å². The third-order valence-corrected chi connectivity index (χ3v) is 5.63. The molecule has 0 bridgehead atoms. The predicted molar refractivity (Wildman–Crippen MR) is 128 cm³/mol. The molecule has 172 valence electrons. The van der Waals surface area contributed by atoms with Gasteiger partial charge in [-0.15, -0.1) is 0 Å². The third kappa shape index (κ3) is 4.78. The van der Waals surface area contributed by atoms with Gasteiger partial charge in [0, 0.05) is 29.5 Å². The van der Waals surface area contributed by atoms with E-state index in [1.165, 1.54) is 18.2 Å². The summed E-state index contributed by atoms with van der Waals surface area (Å²) in [4.78, 5) is 23.8. The van der Waals surface area contributed by atoms with Crippen molar-refractivity contribution < 1.29 is 29.6 Å². The molecule has 0 heterocycles. The van der Waals surface area contributed by atoms with Crippen LogP contribution in [-0.4, -0.2) is 34.3 Å². The summed E-state index contributed by atoms with van der Waals surface area (Å²) in [6.07, 6.45) is 0.194. The molecule has 0 aromatic heterocycles. The van der Waals surface area contributed by atoms with E-state index in [2.05, 4.69) is 5.32 Å². The van der Waals surface area contributed by atoms with Gasteiger partial charge in [-0.2, -0.15) is 0 Å². The van der Waals surface area contributed by atoms with Crippen LogP contribution in [0.1, 0.15) is 37.4 Å². The largest absolute Gasteiger partial charge is 0.507 e.